The van der Waals surface area contributed by atoms with E-state index in [0.29, 0.717) is 0 Å². The van der Waals surface area contributed by atoms with Crippen molar-refractivity contribution in [1.29, 1.82) is 0 Å². The zero-order chi connectivity index (χ0) is 9.97. The summed E-state index contributed by atoms with van der Waals surface area (Å²) >= 11 is 0. The molecular weight excluding hydrogens is 180 g/mol. The Morgan fingerprint density at radius 3 is 2.64 bits per heavy atom. The molecule has 5 nitrogen and oxygen atoms in total. The van der Waals surface area contributed by atoms with Gasteiger partial charge in [0.05, 0.1) is 6.20 Å². The average Bonchev–Trinajstić information content (AvgIpc) is 2.71. The van der Waals surface area contributed by atoms with Gasteiger partial charge in [-0.25, -0.2) is 0 Å². The van der Waals surface area contributed by atoms with Crippen molar-refractivity contribution >= 4 is 11.7 Å². The number of nitrogens with one attached hydrogen (secondary N) is 1. The molecule has 0 bridgehead atoms. The van der Waals surface area contributed by atoms with Crippen LogP contribution in [0.4, 0.5) is 5.82 Å². The van der Waals surface area contributed by atoms with Crippen molar-refractivity contribution in [3.05, 3.63) is 12.3 Å². The van der Waals surface area contributed by atoms with E-state index in [2.05, 4.69) is 15.1 Å². The highest BCUT2D eigenvalue weighted by atomic mass is 16.2. The van der Waals surface area contributed by atoms with Gasteiger partial charge in [0.25, 0.3) is 0 Å². The summed E-state index contributed by atoms with van der Waals surface area (Å²) in [5.74, 6) is 1.20. The summed E-state index contributed by atoms with van der Waals surface area (Å²) in [6, 6.07) is 1.95. The lowest BCUT2D eigenvalue weighted by atomic mass is 10.3. The highest BCUT2D eigenvalue weighted by Crippen LogP contribution is 2.11. The maximum atomic E-state index is 11.1. The van der Waals surface area contributed by atoms with Crippen LogP contribution in [0.5, 0.6) is 0 Å². The number of rotatable bonds is 1. The molecule has 1 N–H and O–H groups in total. The van der Waals surface area contributed by atoms with Crippen LogP contribution in [0.1, 0.15) is 6.92 Å². The van der Waals surface area contributed by atoms with E-state index >= 15 is 0 Å². The van der Waals surface area contributed by atoms with E-state index in [9.17, 15) is 4.79 Å². The first-order valence-electron chi connectivity index (χ1n) is 4.77. The molecule has 2 heterocycles. The van der Waals surface area contributed by atoms with Gasteiger partial charge in [0, 0.05) is 39.2 Å². The van der Waals surface area contributed by atoms with Gasteiger partial charge in [0.2, 0.25) is 5.91 Å². The summed E-state index contributed by atoms with van der Waals surface area (Å²) in [7, 11) is 0. The van der Waals surface area contributed by atoms with Crippen molar-refractivity contribution in [3.8, 4) is 0 Å². The second kappa shape index (κ2) is 3.69. The van der Waals surface area contributed by atoms with Crippen LogP contribution in [0.2, 0.25) is 0 Å². The number of carbonyl (C=O) groups excluding carboxylic acids is 1. The third kappa shape index (κ3) is 1.71. The van der Waals surface area contributed by atoms with Crippen LogP contribution in [0, 0.1) is 0 Å². The number of aromatic nitrogens is 2. The molecule has 14 heavy (non-hydrogen) atoms. The van der Waals surface area contributed by atoms with E-state index in [1.54, 1.807) is 13.1 Å². The summed E-state index contributed by atoms with van der Waals surface area (Å²) in [5.41, 5.74) is 0. The molecule has 1 aromatic rings. The fourth-order valence-corrected chi connectivity index (χ4v) is 1.69. The zero-order valence-corrected chi connectivity index (χ0v) is 8.23. The first kappa shape index (κ1) is 9.05. The van der Waals surface area contributed by atoms with Crippen LogP contribution >= 0.6 is 0 Å². The Labute approximate surface area is 82.7 Å². The van der Waals surface area contributed by atoms with Gasteiger partial charge in [-0.15, -0.1) is 0 Å². The fraction of sp³-hybridized carbons (Fsp3) is 0.556. The number of piperazine rings is 1. The lowest BCUT2D eigenvalue weighted by Gasteiger charge is -2.34. The smallest absolute Gasteiger partial charge is 0.219 e. The second-order valence-corrected chi connectivity index (χ2v) is 3.43. The van der Waals surface area contributed by atoms with Crippen LogP contribution in [0.15, 0.2) is 12.3 Å². The predicted molar refractivity (Wildman–Crippen MR) is 53.1 cm³/mol. The van der Waals surface area contributed by atoms with Gasteiger partial charge in [-0.05, 0) is 0 Å². The average molecular weight is 194 g/mol. The molecule has 2 rings (SSSR count). The standard InChI is InChI=1S/C9H14N4O/c1-8(14)12-4-6-13(7-5-12)9-2-3-10-11-9/h2-3H,4-7H2,1H3,(H,10,11). The molecule has 1 saturated heterocycles. The molecule has 1 amide bonds. The Morgan fingerprint density at radius 1 is 1.43 bits per heavy atom. The minimum absolute atomic E-state index is 0.161. The molecule has 0 unspecified atom stereocenters. The van der Waals surface area contributed by atoms with Crippen LogP contribution < -0.4 is 4.90 Å². The summed E-state index contributed by atoms with van der Waals surface area (Å²) in [4.78, 5) is 15.1. The molecule has 76 valence electrons. The lowest BCUT2D eigenvalue weighted by Crippen LogP contribution is -2.48. The van der Waals surface area contributed by atoms with Gasteiger partial charge in [-0.2, -0.15) is 5.10 Å². The van der Waals surface area contributed by atoms with E-state index in [0.717, 1.165) is 32.0 Å². The first-order chi connectivity index (χ1) is 6.77. The highest BCUT2D eigenvalue weighted by molar-refractivity contribution is 5.73. The summed E-state index contributed by atoms with van der Waals surface area (Å²) in [5, 5.41) is 6.83. The summed E-state index contributed by atoms with van der Waals surface area (Å²) in [6.45, 7) is 4.97. The van der Waals surface area contributed by atoms with Crippen molar-refractivity contribution < 1.29 is 4.79 Å². The molecule has 0 spiro atoms. The van der Waals surface area contributed by atoms with Crippen molar-refractivity contribution in [2.45, 2.75) is 6.92 Å². The number of hydrogen-bond acceptors (Lipinski definition) is 3. The fourth-order valence-electron chi connectivity index (χ4n) is 1.69. The molecule has 0 aromatic carbocycles. The molecular formula is C9H14N4O. The molecule has 1 aliphatic heterocycles. The van der Waals surface area contributed by atoms with Crippen LogP contribution in [0.3, 0.4) is 0 Å². The number of anilines is 1. The molecule has 1 aromatic heterocycles. The Bertz CT molecular complexity index is 301. The molecule has 1 fully saturated rings. The van der Waals surface area contributed by atoms with E-state index in [1.165, 1.54) is 0 Å². The van der Waals surface area contributed by atoms with E-state index in [4.69, 9.17) is 0 Å². The molecule has 5 heteroatoms. The number of amides is 1. The predicted octanol–water partition coefficient (Wildman–Crippen LogP) is 0.0782. The zero-order valence-electron chi connectivity index (χ0n) is 8.23. The maximum Gasteiger partial charge on any atom is 0.219 e. The first-order valence-corrected chi connectivity index (χ1v) is 4.77. The van der Waals surface area contributed by atoms with Gasteiger partial charge >= 0.3 is 0 Å². The minimum atomic E-state index is 0.161. The topological polar surface area (TPSA) is 52.2 Å². The highest BCUT2D eigenvalue weighted by Gasteiger charge is 2.18. The third-order valence-electron chi connectivity index (χ3n) is 2.55. The van der Waals surface area contributed by atoms with Gasteiger partial charge in [-0.1, -0.05) is 0 Å². The largest absolute Gasteiger partial charge is 0.353 e. The Kier molecular flexibility index (Phi) is 2.39. The van der Waals surface area contributed by atoms with Gasteiger partial charge in [0.15, 0.2) is 0 Å². The molecule has 0 aliphatic carbocycles. The lowest BCUT2D eigenvalue weighted by molar-refractivity contribution is -0.129. The Hall–Kier alpha value is -1.52. The number of H-pyrrole nitrogens is 1. The van der Waals surface area contributed by atoms with Crippen molar-refractivity contribution in [2.75, 3.05) is 31.1 Å². The molecule has 0 radical (unpaired) electrons. The van der Waals surface area contributed by atoms with Crippen molar-refractivity contribution in [3.63, 3.8) is 0 Å². The van der Waals surface area contributed by atoms with Gasteiger partial charge in [0.1, 0.15) is 5.82 Å². The van der Waals surface area contributed by atoms with Crippen molar-refractivity contribution in [1.82, 2.24) is 15.1 Å². The number of hydrogen-bond donors (Lipinski definition) is 1. The Morgan fingerprint density at radius 2 is 2.14 bits per heavy atom. The molecule has 0 atom stereocenters. The molecule has 0 saturated carbocycles. The second-order valence-electron chi connectivity index (χ2n) is 3.43. The third-order valence-corrected chi connectivity index (χ3v) is 2.55. The van der Waals surface area contributed by atoms with Gasteiger partial charge in [-0.3, -0.25) is 9.89 Å². The number of carbonyl (C=O) groups is 1. The van der Waals surface area contributed by atoms with E-state index in [1.807, 2.05) is 11.0 Å². The number of nitrogens with zero attached hydrogens (tertiary/aromatic N) is 3. The van der Waals surface area contributed by atoms with E-state index < -0.39 is 0 Å². The quantitative estimate of drug-likeness (QED) is 0.688. The monoisotopic (exact) mass is 194 g/mol. The summed E-state index contributed by atoms with van der Waals surface area (Å²) in [6.07, 6.45) is 1.74. The maximum absolute atomic E-state index is 11.1. The van der Waals surface area contributed by atoms with Gasteiger partial charge < -0.3 is 9.80 Å². The van der Waals surface area contributed by atoms with Crippen LogP contribution in [0.25, 0.3) is 0 Å². The summed E-state index contributed by atoms with van der Waals surface area (Å²) < 4.78 is 0. The minimum Gasteiger partial charge on any atom is -0.353 e. The van der Waals surface area contributed by atoms with Crippen molar-refractivity contribution in [2.24, 2.45) is 0 Å². The van der Waals surface area contributed by atoms with E-state index in [-0.39, 0.29) is 5.91 Å². The van der Waals surface area contributed by atoms with Crippen LogP contribution in [-0.2, 0) is 4.79 Å². The van der Waals surface area contributed by atoms with Crippen LogP contribution in [-0.4, -0.2) is 47.2 Å². The normalized spacial score (nSPS) is 17.2. The number of aromatic amines is 1. The Balaban J connectivity index is 1.93. The molecule has 1 aliphatic rings. The SMILES string of the molecule is CC(=O)N1CCN(c2ccn[nH]2)CC1.